The molecule has 6 nitrogen and oxygen atoms in total. The van der Waals surface area contributed by atoms with Crippen LogP contribution < -0.4 is 10.2 Å². The summed E-state index contributed by atoms with van der Waals surface area (Å²) >= 11 is 0. The van der Waals surface area contributed by atoms with E-state index < -0.39 is 6.04 Å². The number of carbonyl (C=O) groups excluding carboxylic acids is 2. The van der Waals surface area contributed by atoms with E-state index >= 15 is 0 Å². The average Bonchev–Trinajstić information content (AvgIpc) is 3.10. The van der Waals surface area contributed by atoms with Gasteiger partial charge in [-0.1, -0.05) is 23.4 Å². The van der Waals surface area contributed by atoms with E-state index in [4.69, 9.17) is 4.52 Å². The number of fused-ring (bicyclic) bond motifs is 1. The Morgan fingerprint density at radius 2 is 2.17 bits per heavy atom. The molecule has 1 aromatic heterocycles. The van der Waals surface area contributed by atoms with Crippen molar-refractivity contribution in [2.45, 2.75) is 32.7 Å². The minimum Gasteiger partial charge on any atom is -0.361 e. The molecule has 23 heavy (non-hydrogen) atoms. The quantitative estimate of drug-likeness (QED) is 0.930. The molecule has 1 N–H and O–H groups in total. The number of benzene rings is 1. The number of hydrogen-bond acceptors (Lipinski definition) is 4. The van der Waals surface area contributed by atoms with Crippen LogP contribution in [0.15, 0.2) is 34.9 Å². The highest BCUT2D eigenvalue weighted by Crippen LogP contribution is 2.32. The first kappa shape index (κ1) is 15.3. The summed E-state index contributed by atoms with van der Waals surface area (Å²) in [6.45, 7) is 3.79. The minimum atomic E-state index is -0.485. The third-order valence-electron chi connectivity index (χ3n) is 3.97. The topological polar surface area (TPSA) is 75.4 Å². The number of anilines is 1. The average molecular weight is 313 g/mol. The molecule has 120 valence electrons. The number of aromatic nitrogens is 1. The van der Waals surface area contributed by atoms with E-state index in [0.29, 0.717) is 19.4 Å². The fourth-order valence-electron chi connectivity index (χ4n) is 2.95. The molecular formula is C17H19N3O3. The van der Waals surface area contributed by atoms with Gasteiger partial charge in [-0.05, 0) is 18.6 Å². The van der Waals surface area contributed by atoms with Gasteiger partial charge >= 0.3 is 0 Å². The van der Waals surface area contributed by atoms with E-state index in [1.54, 1.807) is 4.90 Å². The Labute approximate surface area is 134 Å². The van der Waals surface area contributed by atoms with Crippen LogP contribution in [-0.4, -0.2) is 29.6 Å². The standard InChI is InChI=1S/C17H19N3O3/c1-11-9-14(23-19-11)7-8-18-17(22)16-10-13-5-3-4-6-15(13)20(16)12(2)21/h3-6,9,16H,7-8,10H2,1-2H3,(H,18,22)/t16-/m0/s1. The van der Waals surface area contributed by atoms with Crippen LogP contribution in [0.1, 0.15) is 23.9 Å². The second-order valence-electron chi connectivity index (χ2n) is 5.71. The molecule has 0 aliphatic carbocycles. The molecule has 0 unspecified atom stereocenters. The van der Waals surface area contributed by atoms with Gasteiger partial charge < -0.3 is 9.84 Å². The Bertz CT molecular complexity index is 738. The Morgan fingerprint density at radius 3 is 2.87 bits per heavy atom. The van der Waals surface area contributed by atoms with Gasteiger partial charge in [-0.25, -0.2) is 0 Å². The molecule has 1 aliphatic heterocycles. The highest BCUT2D eigenvalue weighted by atomic mass is 16.5. The van der Waals surface area contributed by atoms with Gasteiger partial charge in [-0.3, -0.25) is 14.5 Å². The summed E-state index contributed by atoms with van der Waals surface area (Å²) in [7, 11) is 0. The lowest BCUT2D eigenvalue weighted by atomic mass is 10.1. The van der Waals surface area contributed by atoms with Gasteiger partial charge in [-0.15, -0.1) is 0 Å². The van der Waals surface area contributed by atoms with Crippen LogP contribution in [0.5, 0.6) is 0 Å². The third kappa shape index (κ3) is 3.11. The summed E-state index contributed by atoms with van der Waals surface area (Å²) in [5.74, 6) is 0.467. The van der Waals surface area contributed by atoms with E-state index in [1.165, 1.54) is 6.92 Å². The first-order valence-corrected chi connectivity index (χ1v) is 7.64. The third-order valence-corrected chi connectivity index (χ3v) is 3.97. The Kier molecular flexibility index (Phi) is 4.14. The minimum absolute atomic E-state index is 0.124. The van der Waals surface area contributed by atoms with E-state index in [2.05, 4.69) is 10.5 Å². The molecule has 0 radical (unpaired) electrons. The zero-order valence-electron chi connectivity index (χ0n) is 13.2. The summed E-state index contributed by atoms with van der Waals surface area (Å²) in [5, 5.41) is 6.70. The molecule has 2 aromatic rings. The summed E-state index contributed by atoms with van der Waals surface area (Å²) < 4.78 is 5.12. The molecule has 0 saturated heterocycles. The van der Waals surface area contributed by atoms with Gasteiger partial charge in [0.1, 0.15) is 11.8 Å². The number of carbonyl (C=O) groups is 2. The Morgan fingerprint density at radius 1 is 1.39 bits per heavy atom. The van der Waals surface area contributed by atoms with Gasteiger partial charge in [0.25, 0.3) is 0 Å². The maximum Gasteiger partial charge on any atom is 0.243 e. The van der Waals surface area contributed by atoms with Crippen molar-refractivity contribution < 1.29 is 14.1 Å². The maximum absolute atomic E-state index is 12.5. The van der Waals surface area contributed by atoms with E-state index in [0.717, 1.165) is 22.7 Å². The zero-order chi connectivity index (χ0) is 16.4. The van der Waals surface area contributed by atoms with E-state index in [1.807, 2.05) is 37.3 Å². The molecular weight excluding hydrogens is 294 g/mol. The van der Waals surface area contributed by atoms with Gasteiger partial charge in [-0.2, -0.15) is 0 Å². The number of nitrogens with one attached hydrogen (secondary N) is 1. The number of aryl methyl sites for hydroxylation is 1. The molecule has 3 rings (SSSR count). The lowest BCUT2D eigenvalue weighted by Crippen LogP contribution is -2.47. The monoisotopic (exact) mass is 313 g/mol. The summed E-state index contributed by atoms with van der Waals surface area (Å²) in [5.41, 5.74) is 2.67. The number of rotatable bonds is 4. The number of para-hydroxylation sites is 1. The second-order valence-corrected chi connectivity index (χ2v) is 5.71. The van der Waals surface area contributed by atoms with Crippen LogP contribution in [0.2, 0.25) is 0 Å². The molecule has 0 fully saturated rings. The summed E-state index contributed by atoms with van der Waals surface area (Å²) in [6.07, 6.45) is 1.12. The van der Waals surface area contributed by atoms with Crippen molar-refractivity contribution >= 4 is 17.5 Å². The molecule has 1 aliphatic rings. The van der Waals surface area contributed by atoms with Crippen LogP contribution in [0.25, 0.3) is 0 Å². The fraction of sp³-hybridized carbons (Fsp3) is 0.353. The second kappa shape index (κ2) is 6.24. The van der Waals surface area contributed by atoms with Crippen molar-refractivity contribution in [2.75, 3.05) is 11.4 Å². The molecule has 6 heteroatoms. The molecule has 0 spiro atoms. The highest BCUT2D eigenvalue weighted by molar-refractivity contribution is 6.02. The van der Waals surface area contributed by atoms with Crippen LogP contribution in [0, 0.1) is 6.92 Å². The number of amides is 2. The predicted molar refractivity (Wildman–Crippen MR) is 85.0 cm³/mol. The Hall–Kier alpha value is -2.63. The van der Waals surface area contributed by atoms with Crippen LogP contribution in [-0.2, 0) is 22.4 Å². The van der Waals surface area contributed by atoms with Gasteiger partial charge in [0, 0.05) is 38.1 Å². The summed E-state index contributed by atoms with van der Waals surface area (Å²) in [4.78, 5) is 26.0. The largest absolute Gasteiger partial charge is 0.361 e. The van der Waals surface area contributed by atoms with Crippen LogP contribution in [0.3, 0.4) is 0 Å². The lowest BCUT2D eigenvalue weighted by Gasteiger charge is -2.23. The molecule has 0 bridgehead atoms. The predicted octanol–water partition coefficient (Wildman–Crippen LogP) is 1.62. The number of nitrogens with zero attached hydrogens (tertiary/aromatic N) is 2. The molecule has 2 heterocycles. The first-order valence-electron chi connectivity index (χ1n) is 7.64. The molecule has 1 atom stereocenters. The zero-order valence-corrected chi connectivity index (χ0v) is 13.2. The Balaban J connectivity index is 1.64. The van der Waals surface area contributed by atoms with Crippen molar-refractivity contribution in [3.63, 3.8) is 0 Å². The van der Waals surface area contributed by atoms with Crippen LogP contribution >= 0.6 is 0 Å². The van der Waals surface area contributed by atoms with Gasteiger partial charge in [0.15, 0.2) is 0 Å². The summed E-state index contributed by atoms with van der Waals surface area (Å²) in [6, 6.07) is 8.99. The maximum atomic E-state index is 12.5. The molecule has 1 aromatic carbocycles. The molecule has 0 saturated carbocycles. The highest BCUT2D eigenvalue weighted by Gasteiger charge is 2.36. The van der Waals surface area contributed by atoms with Crippen molar-refractivity contribution in [1.29, 1.82) is 0 Å². The fourth-order valence-corrected chi connectivity index (χ4v) is 2.95. The first-order chi connectivity index (χ1) is 11.1. The normalized spacial score (nSPS) is 16.3. The van der Waals surface area contributed by atoms with Crippen molar-refractivity contribution in [3.05, 3.63) is 47.3 Å². The van der Waals surface area contributed by atoms with Gasteiger partial charge in [0.05, 0.1) is 5.69 Å². The molecule has 2 amide bonds. The smallest absolute Gasteiger partial charge is 0.243 e. The van der Waals surface area contributed by atoms with Gasteiger partial charge in [0.2, 0.25) is 11.8 Å². The SMILES string of the molecule is CC(=O)N1c2ccccc2C[C@H]1C(=O)NCCc1cc(C)no1. The van der Waals surface area contributed by atoms with Crippen molar-refractivity contribution in [3.8, 4) is 0 Å². The van der Waals surface area contributed by atoms with Crippen molar-refractivity contribution in [1.82, 2.24) is 10.5 Å². The van der Waals surface area contributed by atoms with Crippen molar-refractivity contribution in [2.24, 2.45) is 0 Å². The number of hydrogen-bond donors (Lipinski definition) is 1. The van der Waals surface area contributed by atoms with E-state index in [9.17, 15) is 9.59 Å². The van der Waals surface area contributed by atoms with E-state index in [-0.39, 0.29) is 11.8 Å². The van der Waals surface area contributed by atoms with Crippen LogP contribution in [0.4, 0.5) is 5.69 Å². The lowest BCUT2D eigenvalue weighted by molar-refractivity contribution is -0.125.